The lowest BCUT2D eigenvalue weighted by Crippen LogP contribution is -2.08. The molecule has 2 aromatic carbocycles. The van der Waals surface area contributed by atoms with E-state index in [-0.39, 0.29) is 23.9 Å². The SMILES string of the molecule is O=c1[nH]c(O)c(C=NCc2ccc(O)c(O)c2)c2cc(-c3ccco3)ccc12. The lowest BCUT2D eigenvalue weighted by Gasteiger charge is -2.07. The summed E-state index contributed by atoms with van der Waals surface area (Å²) >= 11 is 0. The first-order valence-electron chi connectivity index (χ1n) is 8.46. The minimum absolute atomic E-state index is 0.206. The van der Waals surface area contributed by atoms with Gasteiger partial charge in [0.05, 0.1) is 18.4 Å². The van der Waals surface area contributed by atoms with Gasteiger partial charge < -0.3 is 19.7 Å². The highest BCUT2D eigenvalue weighted by molar-refractivity contribution is 6.02. The second-order valence-corrected chi connectivity index (χ2v) is 6.25. The number of benzene rings is 2. The van der Waals surface area contributed by atoms with E-state index in [0.29, 0.717) is 27.7 Å². The molecule has 4 rings (SSSR count). The van der Waals surface area contributed by atoms with Crippen LogP contribution in [-0.2, 0) is 6.54 Å². The molecule has 0 saturated heterocycles. The molecule has 0 bridgehead atoms. The van der Waals surface area contributed by atoms with E-state index in [1.165, 1.54) is 18.3 Å². The Morgan fingerprint density at radius 2 is 1.86 bits per heavy atom. The van der Waals surface area contributed by atoms with Crippen LogP contribution in [0.3, 0.4) is 0 Å². The van der Waals surface area contributed by atoms with Crippen LogP contribution in [0.5, 0.6) is 17.4 Å². The Morgan fingerprint density at radius 3 is 2.61 bits per heavy atom. The molecule has 140 valence electrons. The Balaban J connectivity index is 1.75. The number of hydrogen-bond donors (Lipinski definition) is 4. The zero-order valence-electron chi connectivity index (χ0n) is 14.6. The van der Waals surface area contributed by atoms with Crippen LogP contribution < -0.4 is 5.56 Å². The van der Waals surface area contributed by atoms with E-state index in [1.54, 1.807) is 42.7 Å². The quantitative estimate of drug-likeness (QED) is 0.321. The Labute approximate surface area is 158 Å². The summed E-state index contributed by atoms with van der Waals surface area (Å²) < 4.78 is 5.40. The predicted octanol–water partition coefficient (Wildman–Crippen LogP) is 3.52. The molecule has 0 aliphatic heterocycles. The fourth-order valence-corrected chi connectivity index (χ4v) is 2.97. The number of hydrogen-bond acceptors (Lipinski definition) is 6. The summed E-state index contributed by atoms with van der Waals surface area (Å²) in [5.41, 5.74) is 1.40. The summed E-state index contributed by atoms with van der Waals surface area (Å²) in [6.07, 6.45) is 3.02. The highest BCUT2D eigenvalue weighted by atomic mass is 16.3. The highest BCUT2D eigenvalue weighted by Gasteiger charge is 2.12. The first-order valence-corrected chi connectivity index (χ1v) is 8.46. The standard InChI is InChI=1S/C21H16N2O5/c24-17-6-3-12(8-18(17)25)10-22-11-16-15-9-13(19-2-1-7-28-19)4-5-14(15)20(26)23-21(16)27/h1-9,11,24-25H,10H2,(H2,23,26,27). The summed E-state index contributed by atoms with van der Waals surface area (Å²) in [7, 11) is 0. The molecule has 7 heteroatoms. The van der Waals surface area contributed by atoms with Crippen LogP contribution in [0.25, 0.3) is 22.1 Å². The number of H-pyrrole nitrogens is 1. The van der Waals surface area contributed by atoms with Crippen molar-refractivity contribution >= 4 is 17.0 Å². The van der Waals surface area contributed by atoms with Crippen molar-refractivity contribution in [2.75, 3.05) is 0 Å². The summed E-state index contributed by atoms with van der Waals surface area (Å²) in [6, 6.07) is 13.2. The van der Waals surface area contributed by atoms with Crippen LogP contribution in [0, 0.1) is 0 Å². The minimum atomic E-state index is -0.404. The fraction of sp³-hybridized carbons (Fsp3) is 0.0476. The van der Waals surface area contributed by atoms with Crippen molar-refractivity contribution in [2.45, 2.75) is 6.54 Å². The van der Waals surface area contributed by atoms with Gasteiger partial charge in [-0.2, -0.15) is 0 Å². The molecule has 0 radical (unpaired) electrons. The van der Waals surface area contributed by atoms with E-state index in [1.807, 2.05) is 0 Å². The van der Waals surface area contributed by atoms with Crippen molar-refractivity contribution in [3.05, 3.63) is 76.3 Å². The van der Waals surface area contributed by atoms with Crippen LogP contribution in [0.4, 0.5) is 0 Å². The number of furan rings is 1. The van der Waals surface area contributed by atoms with Crippen molar-refractivity contribution < 1.29 is 19.7 Å². The number of phenols is 2. The van der Waals surface area contributed by atoms with Gasteiger partial charge in [0.1, 0.15) is 5.76 Å². The molecule has 0 atom stereocenters. The Kier molecular flexibility index (Phi) is 4.33. The predicted molar refractivity (Wildman–Crippen MR) is 105 cm³/mol. The van der Waals surface area contributed by atoms with Crippen molar-refractivity contribution in [1.29, 1.82) is 0 Å². The van der Waals surface area contributed by atoms with Crippen LogP contribution >= 0.6 is 0 Å². The lowest BCUT2D eigenvalue weighted by atomic mass is 10.0. The molecule has 0 aliphatic rings. The third kappa shape index (κ3) is 3.21. The van der Waals surface area contributed by atoms with Crippen LogP contribution in [0.15, 0.2) is 69.0 Å². The number of aromatic nitrogens is 1. The number of aromatic amines is 1. The number of pyridine rings is 1. The smallest absolute Gasteiger partial charge is 0.258 e. The average molecular weight is 376 g/mol. The van der Waals surface area contributed by atoms with E-state index >= 15 is 0 Å². The van der Waals surface area contributed by atoms with Gasteiger partial charge in [-0.05, 0) is 42.0 Å². The van der Waals surface area contributed by atoms with Crippen LogP contribution in [-0.4, -0.2) is 26.5 Å². The molecule has 0 unspecified atom stereocenters. The van der Waals surface area contributed by atoms with Crippen LogP contribution in [0.1, 0.15) is 11.1 Å². The topological polar surface area (TPSA) is 119 Å². The number of aliphatic imine (C=N–C) groups is 1. The van der Waals surface area contributed by atoms with Gasteiger partial charge in [0.15, 0.2) is 11.5 Å². The number of nitrogens with one attached hydrogen (secondary N) is 1. The lowest BCUT2D eigenvalue weighted by molar-refractivity contribution is 0.403. The molecule has 0 aliphatic carbocycles. The Bertz CT molecular complexity index is 1240. The van der Waals surface area contributed by atoms with Gasteiger partial charge in [-0.3, -0.25) is 14.8 Å². The zero-order valence-corrected chi connectivity index (χ0v) is 14.6. The molecule has 7 nitrogen and oxygen atoms in total. The molecule has 4 N–H and O–H groups in total. The van der Waals surface area contributed by atoms with Crippen molar-refractivity contribution in [3.8, 4) is 28.7 Å². The van der Waals surface area contributed by atoms with Gasteiger partial charge in [-0.1, -0.05) is 12.1 Å². The van der Waals surface area contributed by atoms with E-state index in [2.05, 4.69) is 9.98 Å². The van der Waals surface area contributed by atoms with Gasteiger partial charge in [0, 0.05) is 22.6 Å². The Morgan fingerprint density at radius 1 is 1.00 bits per heavy atom. The molecular formula is C21H16N2O5. The molecule has 0 amide bonds. The monoisotopic (exact) mass is 376 g/mol. The van der Waals surface area contributed by atoms with Crippen molar-refractivity contribution in [2.24, 2.45) is 4.99 Å². The molecule has 28 heavy (non-hydrogen) atoms. The normalized spacial score (nSPS) is 11.4. The number of fused-ring (bicyclic) bond motifs is 1. The second kappa shape index (κ2) is 6.96. The molecule has 2 aromatic heterocycles. The first-order chi connectivity index (χ1) is 13.5. The number of rotatable bonds is 4. The third-order valence-corrected chi connectivity index (χ3v) is 4.38. The maximum Gasteiger partial charge on any atom is 0.258 e. The summed E-state index contributed by atoms with van der Waals surface area (Å²) in [6.45, 7) is 0.214. The van der Waals surface area contributed by atoms with E-state index < -0.39 is 5.56 Å². The van der Waals surface area contributed by atoms with E-state index in [9.17, 15) is 20.1 Å². The zero-order chi connectivity index (χ0) is 19.7. The molecule has 2 heterocycles. The Hall–Kier alpha value is -4.00. The van der Waals surface area contributed by atoms with Gasteiger partial charge in [-0.25, -0.2) is 0 Å². The summed E-state index contributed by atoms with van der Waals surface area (Å²) in [4.78, 5) is 18.9. The van der Waals surface area contributed by atoms with Crippen molar-refractivity contribution in [1.82, 2.24) is 4.98 Å². The molecule has 4 aromatic rings. The molecule has 0 spiro atoms. The van der Waals surface area contributed by atoms with Gasteiger partial charge in [-0.15, -0.1) is 0 Å². The van der Waals surface area contributed by atoms with Gasteiger partial charge >= 0.3 is 0 Å². The number of phenolic OH excluding ortho intramolecular Hbond substituents is 2. The largest absolute Gasteiger partial charge is 0.504 e. The highest BCUT2D eigenvalue weighted by Crippen LogP contribution is 2.28. The van der Waals surface area contributed by atoms with Gasteiger partial charge in [0.2, 0.25) is 5.88 Å². The molecule has 0 fully saturated rings. The van der Waals surface area contributed by atoms with E-state index in [4.69, 9.17) is 4.42 Å². The molecule has 0 saturated carbocycles. The van der Waals surface area contributed by atoms with Crippen LogP contribution in [0.2, 0.25) is 0 Å². The summed E-state index contributed by atoms with van der Waals surface area (Å²) in [5.74, 6) is -0.0777. The maximum atomic E-state index is 12.2. The number of nitrogens with zero attached hydrogens (tertiary/aromatic N) is 1. The van der Waals surface area contributed by atoms with Crippen molar-refractivity contribution in [3.63, 3.8) is 0 Å². The average Bonchev–Trinajstić information content (AvgIpc) is 3.21. The number of aromatic hydroxyl groups is 3. The summed E-state index contributed by atoms with van der Waals surface area (Å²) in [5, 5.41) is 30.1. The fourth-order valence-electron chi connectivity index (χ4n) is 2.97. The third-order valence-electron chi connectivity index (χ3n) is 4.38. The minimum Gasteiger partial charge on any atom is -0.504 e. The van der Waals surface area contributed by atoms with Gasteiger partial charge in [0.25, 0.3) is 5.56 Å². The maximum absolute atomic E-state index is 12.2. The molecular weight excluding hydrogens is 360 g/mol. The van der Waals surface area contributed by atoms with E-state index in [0.717, 1.165) is 5.56 Å². The first kappa shape index (κ1) is 17.4. The second-order valence-electron chi connectivity index (χ2n) is 6.25.